The van der Waals surface area contributed by atoms with E-state index in [2.05, 4.69) is 15.1 Å². The molecule has 2 aromatic carbocycles. The Morgan fingerprint density at radius 3 is 2.48 bits per heavy atom. The summed E-state index contributed by atoms with van der Waals surface area (Å²) in [6, 6.07) is 9.37. The van der Waals surface area contributed by atoms with Crippen molar-refractivity contribution in [3.8, 4) is 0 Å². The summed E-state index contributed by atoms with van der Waals surface area (Å²) in [5.41, 5.74) is 1.53. The number of hydrogen-bond acceptors (Lipinski definition) is 4. The Bertz CT molecular complexity index is 1020. The van der Waals surface area contributed by atoms with Crippen molar-refractivity contribution >= 4 is 27.1 Å². The summed E-state index contributed by atoms with van der Waals surface area (Å²) in [5.74, 6) is -2.64. The van der Waals surface area contributed by atoms with E-state index in [1.165, 1.54) is 12.1 Å². The van der Waals surface area contributed by atoms with Crippen LogP contribution >= 0.6 is 0 Å². The number of aryl methyl sites for hydroxylation is 1. The first-order chi connectivity index (χ1) is 11.8. The average molecular weight is 364 g/mol. The molecule has 0 bridgehead atoms. The van der Waals surface area contributed by atoms with Crippen LogP contribution in [0.5, 0.6) is 0 Å². The van der Waals surface area contributed by atoms with E-state index in [9.17, 15) is 17.2 Å². The summed E-state index contributed by atoms with van der Waals surface area (Å²) in [4.78, 5) is -0.752. The fraction of sp³-hybridized carbons (Fsp3) is 0.0625. The zero-order chi connectivity index (χ0) is 18.0. The zero-order valence-electron chi connectivity index (χ0n) is 13.1. The minimum atomic E-state index is -4.26. The molecule has 3 rings (SSSR count). The number of benzene rings is 2. The van der Waals surface area contributed by atoms with Crippen molar-refractivity contribution in [1.29, 1.82) is 0 Å². The fourth-order valence-corrected chi connectivity index (χ4v) is 3.35. The lowest BCUT2D eigenvalue weighted by atomic mass is 10.3. The van der Waals surface area contributed by atoms with Crippen molar-refractivity contribution in [2.24, 2.45) is 7.05 Å². The Balaban J connectivity index is 1.85. The van der Waals surface area contributed by atoms with E-state index in [0.29, 0.717) is 5.69 Å². The Morgan fingerprint density at radius 1 is 1.04 bits per heavy atom. The summed E-state index contributed by atoms with van der Waals surface area (Å²) < 4.78 is 55.5. The van der Waals surface area contributed by atoms with Crippen molar-refractivity contribution in [2.75, 3.05) is 10.0 Å². The van der Waals surface area contributed by atoms with E-state index in [1.807, 2.05) is 0 Å². The second kappa shape index (κ2) is 6.52. The van der Waals surface area contributed by atoms with Gasteiger partial charge in [0.05, 0.1) is 17.6 Å². The molecule has 0 amide bonds. The number of nitrogens with zero attached hydrogens (tertiary/aromatic N) is 2. The highest BCUT2D eigenvalue weighted by Crippen LogP contribution is 2.24. The van der Waals surface area contributed by atoms with Gasteiger partial charge in [-0.2, -0.15) is 5.10 Å². The number of anilines is 3. The minimum absolute atomic E-state index is 0.206. The standard InChI is InChI=1S/C16H14F2N4O2S/c1-22-10-13(9-19-22)20-11-4-2-5-12(8-11)21-25(23,24)15-7-3-6-14(17)16(15)18/h2-10,20-21H,1H3. The van der Waals surface area contributed by atoms with Gasteiger partial charge in [-0.05, 0) is 30.3 Å². The van der Waals surface area contributed by atoms with Gasteiger partial charge < -0.3 is 5.32 Å². The van der Waals surface area contributed by atoms with Crippen LogP contribution in [0.3, 0.4) is 0 Å². The van der Waals surface area contributed by atoms with Gasteiger partial charge in [-0.3, -0.25) is 9.40 Å². The number of halogens is 2. The molecule has 130 valence electrons. The molecule has 0 fully saturated rings. The lowest BCUT2D eigenvalue weighted by molar-refractivity contribution is 0.485. The van der Waals surface area contributed by atoms with Crippen molar-refractivity contribution < 1.29 is 17.2 Å². The highest BCUT2D eigenvalue weighted by Gasteiger charge is 2.21. The van der Waals surface area contributed by atoms with E-state index in [-0.39, 0.29) is 5.69 Å². The van der Waals surface area contributed by atoms with Gasteiger partial charge in [0.15, 0.2) is 11.6 Å². The molecule has 0 spiro atoms. The van der Waals surface area contributed by atoms with Crippen LogP contribution in [0.1, 0.15) is 0 Å². The summed E-state index contributed by atoms with van der Waals surface area (Å²) in [7, 11) is -2.49. The van der Waals surface area contributed by atoms with Gasteiger partial charge >= 0.3 is 0 Å². The lowest BCUT2D eigenvalue weighted by Gasteiger charge is -2.11. The first kappa shape index (κ1) is 16.9. The predicted octanol–water partition coefficient (Wildman–Crippen LogP) is 3.24. The van der Waals surface area contributed by atoms with Gasteiger partial charge in [0.2, 0.25) is 0 Å². The normalized spacial score (nSPS) is 11.3. The topological polar surface area (TPSA) is 76.0 Å². The molecule has 1 aromatic heterocycles. The Hall–Kier alpha value is -2.94. The van der Waals surface area contributed by atoms with E-state index in [4.69, 9.17) is 0 Å². The van der Waals surface area contributed by atoms with E-state index < -0.39 is 26.6 Å². The molecule has 0 atom stereocenters. The highest BCUT2D eigenvalue weighted by atomic mass is 32.2. The third-order valence-electron chi connectivity index (χ3n) is 3.31. The fourth-order valence-electron chi connectivity index (χ4n) is 2.21. The van der Waals surface area contributed by atoms with Crippen LogP contribution in [-0.2, 0) is 17.1 Å². The molecule has 3 aromatic rings. The second-order valence-corrected chi connectivity index (χ2v) is 6.92. The Kier molecular flexibility index (Phi) is 4.41. The molecule has 1 heterocycles. The monoisotopic (exact) mass is 364 g/mol. The van der Waals surface area contributed by atoms with Gasteiger partial charge in [-0.15, -0.1) is 0 Å². The van der Waals surface area contributed by atoms with Gasteiger partial charge in [0, 0.05) is 18.9 Å². The number of nitrogens with one attached hydrogen (secondary N) is 2. The number of sulfonamides is 1. The summed E-state index contributed by atoms with van der Waals surface area (Å²) in [6.07, 6.45) is 3.36. The smallest absolute Gasteiger partial charge is 0.264 e. The van der Waals surface area contributed by atoms with Gasteiger partial charge in [-0.25, -0.2) is 17.2 Å². The molecule has 0 saturated heterocycles. The second-order valence-electron chi connectivity index (χ2n) is 5.27. The third kappa shape index (κ3) is 3.77. The first-order valence-corrected chi connectivity index (χ1v) is 8.66. The largest absolute Gasteiger partial charge is 0.353 e. The van der Waals surface area contributed by atoms with E-state index >= 15 is 0 Å². The van der Waals surface area contributed by atoms with Crippen LogP contribution in [0.15, 0.2) is 59.8 Å². The first-order valence-electron chi connectivity index (χ1n) is 7.18. The van der Waals surface area contributed by atoms with E-state index in [0.717, 1.165) is 23.9 Å². The van der Waals surface area contributed by atoms with E-state index in [1.54, 1.807) is 36.3 Å². The van der Waals surface area contributed by atoms with Crippen molar-refractivity contribution in [3.05, 3.63) is 66.5 Å². The van der Waals surface area contributed by atoms with Gasteiger partial charge in [0.1, 0.15) is 4.90 Å². The van der Waals surface area contributed by atoms with Gasteiger partial charge in [-0.1, -0.05) is 12.1 Å². The summed E-state index contributed by atoms with van der Waals surface area (Å²) >= 11 is 0. The number of rotatable bonds is 5. The quantitative estimate of drug-likeness (QED) is 0.729. The number of hydrogen-bond donors (Lipinski definition) is 2. The highest BCUT2D eigenvalue weighted by molar-refractivity contribution is 7.92. The summed E-state index contributed by atoms with van der Waals surface area (Å²) in [6.45, 7) is 0. The molecule has 25 heavy (non-hydrogen) atoms. The molecular formula is C16H14F2N4O2S. The zero-order valence-corrected chi connectivity index (χ0v) is 13.9. The van der Waals surface area contributed by atoms with Crippen molar-refractivity contribution in [2.45, 2.75) is 4.90 Å². The predicted molar refractivity (Wildman–Crippen MR) is 90.1 cm³/mol. The van der Waals surface area contributed by atoms with Crippen LogP contribution < -0.4 is 10.0 Å². The van der Waals surface area contributed by atoms with Crippen molar-refractivity contribution in [3.63, 3.8) is 0 Å². The Morgan fingerprint density at radius 2 is 1.76 bits per heavy atom. The molecule has 9 heteroatoms. The van der Waals surface area contributed by atoms with Crippen LogP contribution in [-0.4, -0.2) is 18.2 Å². The molecule has 0 saturated carbocycles. The van der Waals surface area contributed by atoms with Crippen LogP contribution in [0.25, 0.3) is 0 Å². The lowest BCUT2D eigenvalue weighted by Crippen LogP contribution is -2.15. The Labute approximate surface area is 143 Å². The molecule has 2 N–H and O–H groups in total. The van der Waals surface area contributed by atoms with Gasteiger partial charge in [0.25, 0.3) is 10.0 Å². The van der Waals surface area contributed by atoms with Crippen molar-refractivity contribution in [1.82, 2.24) is 9.78 Å². The van der Waals surface area contributed by atoms with Crippen LogP contribution in [0.4, 0.5) is 25.8 Å². The minimum Gasteiger partial charge on any atom is -0.353 e. The molecule has 0 aliphatic carbocycles. The summed E-state index contributed by atoms with van der Waals surface area (Å²) in [5, 5.41) is 7.08. The maximum absolute atomic E-state index is 13.8. The molecular weight excluding hydrogens is 350 g/mol. The maximum Gasteiger partial charge on any atom is 0.264 e. The molecule has 0 radical (unpaired) electrons. The molecule has 0 aliphatic rings. The third-order valence-corrected chi connectivity index (χ3v) is 4.71. The molecule has 6 nitrogen and oxygen atoms in total. The number of aromatic nitrogens is 2. The molecule has 0 unspecified atom stereocenters. The maximum atomic E-state index is 13.8. The SMILES string of the molecule is Cn1cc(Nc2cccc(NS(=O)(=O)c3cccc(F)c3F)c2)cn1. The average Bonchev–Trinajstić information content (AvgIpc) is 2.94. The van der Waals surface area contributed by atoms with Crippen LogP contribution in [0.2, 0.25) is 0 Å². The van der Waals surface area contributed by atoms with Crippen LogP contribution in [0, 0.1) is 11.6 Å². The molecule has 0 aliphatic heterocycles.